The first-order valence-corrected chi connectivity index (χ1v) is 8.96. The number of allylic oxidation sites excluding steroid dienone is 1. The maximum atomic E-state index is 13.1. The maximum Gasteiger partial charge on any atom is 0.205 e. The Hall–Kier alpha value is -2.02. The smallest absolute Gasteiger partial charge is 0.205 e. The van der Waals surface area contributed by atoms with E-state index >= 15 is 0 Å². The largest absolute Gasteiger partial charge is 0.477 e. The van der Waals surface area contributed by atoms with Crippen molar-refractivity contribution >= 4 is 29.8 Å². The van der Waals surface area contributed by atoms with Gasteiger partial charge in [-0.05, 0) is 7.05 Å². The molecule has 0 spiro atoms. The molecule has 2 atom stereocenters. The van der Waals surface area contributed by atoms with Gasteiger partial charge in [-0.25, -0.2) is 0 Å². The van der Waals surface area contributed by atoms with Crippen LogP contribution in [-0.4, -0.2) is 73.0 Å². The summed E-state index contributed by atoms with van der Waals surface area (Å²) in [6.07, 6.45) is -0.904. The number of carbonyl (C=O) groups excluding carboxylic acids is 3. The molecule has 144 valence electrons. The van der Waals surface area contributed by atoms with E-state index in [1.165, 1.54) is 6.92 Å². The first-order chi connectivity index (χ1) is 12.5. The lowest BCUT2D eigenvalue weighted by atomic mass is 9.77. The predicted molar refractivity (Wildman–Crippen MR) is 102 cm³/mol. The van der Waals surface area contributed by atoms with E-state index in [0.717, 1.165) is 26.2 Å². The Labute approximate surface area is 164 Å². The Bertz CT molecular complexity index is 827. The third kappa shape index (κ3) is 3.33. The van der Waals surface area contributed by atoms with Crippen molar-refractivity contribution in [3.8, 4) is 0 Å². The van der Waals surface area contributed by atoms with Crippen molar-refractivity contribution in [2.75, 3.05) is 39.8 Å². The van der Waals surface area contributed by atoms with Gasteiger partial charge in [0.25, 0.3) is 0 Å². The van der Waals surface area contributed by atoms with Crippen LogP contribution in [0.5, 0.6) is 0 Å². The van der Waals surface area contributed by atoms with E-state index in [1.54, 1.807) is 24.3 Å². The summed E-state index contributed by atoms with van der Waals surface area (Å²) in [5, 5.41) is 0. The zero-order valence-electron chi connectivity index (χ0n) is 15.4. The Morgan fingerprint density at radius 2 is 1.67 bits per heavy atom. The Morgan fingerprint density at radius 3 is 2.26 bits per heavy atom. The second kappa shape index (κ2) is 7.54. The van der Waals surface area contributed by atoms with Gasteiger partial charge in [-0.15, -0.1) is 12.4 Å². The highest BCUT2D eigenvalue weighted by Gasteiger charge is 2.51. The Balaban J connectivity index is 0.00000210. The van der Waals surface area contributed by atoms with Gasteiger partial charge in [-0.2, -0.15) is 0 Å². The fraction of sp³-hybridized carbons (Fsp3) is 0.450. The number of carbonyl (C=O) groups is 3. The number of nitrogens with zero attached hydrogens (tertiary/aromatic N) is 2. The average Bonchev–Trinajstić information content (AvgIpc) is 3.01. The summed E-state index contributed by atoms with van der Waals surface area (Å²) in [6, 6.07) is 6.84. The minimum atomic E-state index is -0.904. The molecule has 1 saturated heterocycles. The van der Waals surface area contributed by atoms with Crippen LogP contribution in [0.15, 0.2) is 35.6 Å². The molecule has 0 bridgehead atoms. The Kier molecular flexibility index (Phi) is 5.51. The molecule has 0 amide bonds. The number of ether oxygens (including phenoxy) is 1. The third-order valence-corrected chi connectivity index (χ3v) is 5.52. The molecule has 7 heteroatoms. The van der Waals surface area contributed by atoms with E-state index < -0.39 is 12.0 Å². The van der Waals surface area contributed by atoms with Gasteiger partial charge in [0.2, 0.25) is 5.78 Å². The first-order valence-electron chi connectivity index (χ1n) is 8.96. The molecule has 4 rings (SSSR count). The highest BCUT2D eigenvalue weighted by Crippen LogP contribution is 2.40. The van der Waals surface area contributed by atoms with Gasteiger partial charge in [0.1, 0.15) is 0 Å². The summed E-state index contributed by atoms with van der Waals surface area (Å²) in [7, 11) is 2.08. The van der Waals surface area contributed by atoms with E-state index in [4.69, 9.17) is 4.74 Å². The van der Waals surface area contributed by atoms with Crippen LogP contribution in [0.4, 0.5) is 0 Å². The molecular weight excluding hydrogens is 368 g/mol. The van der Waals surface area contributed by atoms with Gasteiger partial charge in [0.15, 0.2) is 23.4 Å². The number of likely N-dealkylation sites (N-methyl/N-ethyl adjacent to an activating group) is 1. The van der Waals surface area contributed by atoms with Gasteiger partial charge < -0.3 is 9.64 Å². The lowest BCUT2D eigenvalue weighted by Crippen LogP contribution is -2.47. The predicted octanol–water partition coefficient (Wildman–Crippen LogP) is 1.59. The number of halogens is 1. The van der Waals surface area contributed by atoms with Gasteiger partial charge >= 0.3 is 0 Å². The molecule has 1 aromatic rings. The van der Waals surface area contributed by atoms with Crippen molar-refractivity contribution in [1.29, 1.82) is 0 Å². The van der Waals surface area contributed by atoms with Crippen LogP contribution in [0.1, 0.15) is 27.6 Å². The lowest BCUT2D eigenvalue weighted by Gasteiger charge is -2.33. The van der Waals surface area contributed by atoms with Gasteiger partial charge in [0, 0.05) is 56.3 Å². The number of hydrogen-bond donors (Lipinski definition) is 0. The molecule has 1 aromatic carbocycles. The SMILES string of the molecule is CC(=O)C1=C(CN2CCN(C)CC2)C2C(=O)c3ccccc3C(=O)C2O1.Cl. The standard InChI is InChI=1S/C20H22N2O4.ClH/c1-12(23)19-15(11-22-9-7-21(2)8-10-22)16-17(24)13-5-3-4-6-14(13)18(25)20(16)26-19;/h3-6,16,20H,7-11H2,1-2H3;1H. The topological polar surface area (TPSA) is 66.9 Å². The number of fused-ring (bicyclic) bond motifs is 2. The van der Waals surface area contributed by atoms with Crippen molar-refractivity contribution < 1.29 is 19.1 Å². The molecule has 1 aliphatic carbocycles. The lowest BCUT2D eigenvalue weighted by molar-refractivity contribution is -0.117. The highest BCUT2D eigenvalue weighted by atomic mass is 35.5. The number of piperazine rings is 1. The highest BCUT2D eigenvalue weighted by molar-refractivity contribution is 6.19. The van der Waals surface area contributed by atoms with Crippen LogP contribution < -0.4 is 0 Å². The second-order valence-electron chi connectivity index (χ2n) is 7.28. The summed E-state index contributed by atoms with van der Waals surface area (Å²) in [5.41, 5.74) is 1.49. The summed E-state index contributed by atoms with van der Waals surface area (Å²) in [4.78, 5) is 42.6. The fourth-order valence-corrected chi connectivity index (χ4v) is 4.06. The van der Waals surface area contributed by atoms with Crippen molar-refractivity contribution in [2.24, 2.45) is 5.92 Å². The molecule has 0 radical (unpaired) electrons. The van der Waals surface area contributed by atoms with E-state index in [-0.39, 0.29) is 35.5 Å². The van der Waals surface area contributed by atoms with Crippen molar-refractivity contribution in [3.05, 3.63) is 46.7 Å². The molecule has 27 heavy (non-hydrogen) atoms. The maximum absolute atomic E-state index is 13.1. The van der Waals surface area contributed by atoms with Crippen LogP contribution in [0.2, 0.25) is 0 Å². The fourth-order valence-electron chi connectivity index (χ4n) is 4.06. The van der Waals surface area contributed by atoms with Gasteiger partial charge in [-0.3, -0.25) is 19.3 Å². The molecule has 0 saturated carbocycles. The van der Waals surface area contributed by atoms with Crippen LogP contribution in [-0.2, 0) is 9.53 Å². The summed E-state index contributed by atoms with van der Waals surface area (Å²) in [6.45, 7) is 5.52. The van der Waals surface area contributed by atoms with E-state index in [9.17, 15) is 14.4 Å². The molecule has 2 aliphatic heterocycles. The van der Waals surface area contributed by atoms with Crippen LogP contribution in [0.25, 0.3) is 0 Å². The summed E-state index contributed by atoms with van der Waals surface area (Å²) < 4.78 is 5.76. The molecule has 1 fully saturated rings. The van der Waals surface area contributed by atoms with Gasteiger partial charge in [-0.1, -0.05) is 24.3 Å². The minimum absolute atomic E-state index is 0. The van der Waals surface area contributed by atoms with Crippen molar-refractivity contribution in [1.82, 2.24) is 9.80 Å². The quantitative estimate of drug-likeness (QED) is 0.780. The van der Waals surface area contributed by atoms with Crippen molar-refractivity contribution in [2.45, 2.75) is 13.0 Å². The number of rotatable bonds is 3. The summed E-state index contributed by atoms with van der Waals surface area (Å²) >= 11 is 0. The molecule has 0 N–H and O–H groups in total. The second-order valence-corrected chi connectivity index (χ2v) is 7.28. The van der Waals surface area contributed by atoms with Crippen LogP contribution in [0, 0.1) is 5.92 Å². The molecular formula is C20H23ClN2O4. The number of Topliss-reactive ketones (excluding diaryl/α,β-unsaturated/α-hetero) is 3. The zero-order chi connectivity index (χ0) is 18.4. The van der Waals surface area contributed by atoms with E-state index in [2.05, 4.69) is 16.8 Å². The van der Waals surface area contributed by atoms with E-state index in [1.807, 2.05) is 0 Å². The van der Waals surface area contributed by atoms with Gasteiger partial charge in [0.05, 0.1) is 5.92 Å². The molecule has 3 aliphatic rings. The molecule has 6 nitrogen and oxygen atoms in total. The molecule has 0 aromatic heterocycles. The molecule has 2 unspecified atom stereocenters. The Morgan fingerprint density at radius 1 is 1.07 bits per heavy atom. The third-order valence-electron chi connectivity index (χ3n) is 5.52. The molecule has 2 heterocycles. The average molecular weight is 391 g/mol. The van der Waals surface area contributed by atoms with E-state index in [0.29, 0.717) is 23.2 Å². The van der Waals surface area contributed by atoms with Crippen LogP contribution >= 0.6 is 12.4 Å². The number of benzene rings is 1. The monoisotopic (exact) mass is 390 g/mol. The van der Waals surface area contributed by atoms with Crippen molar-refractivity contribution in [3.63, 3.8) is 0 Å². The minimum Gasteiger partial charge on any atom is -0.477 e. The summed E-state index contributed by atoms with van der Waals surface area (Å²) in [5.74, 6) is -1.04. The number of ketones is 3. The first kappa shape index (κ1) is 19.7. The van der Waals surface area contributed by atoms with Crippen LogP contribution in [0.3, 0.4) is 0 Å². The number of hydrogen-bond acceptors (Lipinski definition) is 6. The zero-order valence-corrected chi connectivity index (χ0v) is 16.3. The normalized spacial score (nSPS) is 25.6.